The average molecular weight is 232 g/mol. The molecular weight excluding hydrogens is 212 g/mol. The Balaban J connectivity index is 2.34. The summed E-state index contributed by atoms with van der Waals surface area (Å²) >= 11 is 0. The summed E-state index contributed by atoms with van der Waals surface area (Å²) in [5.41, 5.74) is 4.03. The molecule has 92 valence electrons. The number of hydrogen-bond acceptors (Lipinski definition) is 1. The second kappa shape index (κ2) is 4.17. The standard InChI is InChI=1S/C15H20O2/c1-15(2,3)12-7-6-10-4-5-11(8-14(16)17)13(10)9-12/h6-7,9,11H,4-5,8H2,1-3H3,(H,16,17). The van der Waals surface area contributed by atoms with Crippen LogP contribution in [0, 0.1) is 0 Å². The van der Waals surface area contributed by atoms with E-state index in [1.54, 1.807) is 0 Å². The highest BCUT2D eigenvalue weighted by Crippen LogP contribution is 2.37. The Hall–Kier alpha value is -1.31. The van der Waals surface area contributed by atoms with Gasteiger partial charge in [0, 0.05) is 0 Å². The molecule has 0 saturated carbocycles. The molecule has 0 fully saturated rings. The largest absolute Gasteiger partial charge is 0.481 e. The quantitative estimate of drug-likeness (QED) is 0.847. The third kappa shape index (κ3) is 2.51. The van der Waals surface area contributed by atoms with Crippen molar-refractivity contribution in [1.29, 1.82) is 0 Å². The van der Waals surface area contributed by atoms with Gasteiger partial charge in [0.05, 0.1) is 6.42 Å². The van der Waals surface area contributed by atoms with Crippen LogP contribution in [0.5, 0.6) is 0 Å². The second-order valence-electron chi connectivity index (χ2n) is 6.00. The molecule has 0 aliphatic heterocycles. The van der Waals surface area contributed by atoms with Gasteiger partial charge in [-0.25, -0.2) is 0 Å². The third-order valence-electron chi connectivity index (χ3n) is 3.63. The van der Waals surface area contributed by atoms with Crippen LogP contribution in [0.4, 0.5) is 0 Å². The first-order chi connectivity index (χ1) is 7.88. The van der Waals surface area contributed by atoms with Gasteiger partial charge in [-0.15, -0.1) is 0 Å². The lowest BCUT2D eigenvalue weighted by Gasteiger charge is -2.21. The molecular formula is C15H20O2. The highest BCUT2D eigenvalue weighted by Gasteiger charge is 2.26. The normalized spacial score (nSPS) is 19.1. The summed E-state index contributed by atoms with van der Waals surface area (Å²) in [6.07, 6.45) is 2.27. The maximum absolute atomic E-state index is 10.8. The molecule has 1 atom stereocenters. The molecule has 1 N–H and O–H groups in total. The van der Waals surface area contributed by atoms with Gasteiger partial charge in [-0.2, -0.15) is 0 Å². The van der Waals surface area contributed by atoms with E-state index in [4.69, 9.17) is 5.11 Å². The summed E-state index contributed by atoms with van der Waals surface area (Å²) in [5, 5.41) is 8.93. The third-order valence-corrected chi connectivity index (χ3v) is 3.63. The van der Waals surface area contributed by atoms with Crippen molar-refractivity contribution in [1.82, 2.24) is 0 Å². The smallest absolute Gasteiger partial charge is 0.303 e. The lowest BCUT2D eigenvalue weighted by atomic mass is 9.84. The van der Waals surface area contributed by atoms with Crippen LogP contribution in [0.2, 0.25) is 0 Å². The minimum Gasteiger partial charge on any atom is -0.481 e. The number of carboxylic acid groups (broad SMARTS) is 1. The molecule has 2 heteroatoms. The molecule has 0 saturated heterocycles. The summed E-state index contributed by atoms with van der Waals surface area (Å²) < 4.78 is 0. The first-order valence-electron chi connectivity index (χ1n) is 6.23. The molecule has 1 unspecified atom stereocenters. The van der Waals surface area contributed by atoms with Gasteiger partial charge in [0.25, 0.3) is 0 Å². The Bertz CT molecular complexity index is 441. The summed E-state index contributed by atoms with van der Waals surface area (Å²) in [6, 6.07) is 6.58. The Labute approximate surface area is 103 Å². The van der Waals surface area contributed by atoms with Crippen molar-refractivity contribution < 1.29 is 9.90 Å². The van der Waals surface area contributed by atoms with Gasteiger partial charge in [-0.1, -0.05) is 39.0 Å². The Morgan fingerprint density at radius 1 is 1.41 bits per heavy atom. The lowest BCUT2D eigenvalue weighted by molar-refractivity contribution is -0.137. The maximum atomic E-state index is 10.8. The minimum absolute atomic E-state index is 0.130. The van der Waals surface area contributed by atoms with Crippen LogP contribution in [0.1, 0.15) is 56.2 Å². The van der Waals surface area contributed by atoms with Crippen LogP contribution in [0.15, 0.2) is 18.2 Å². The van der Waals surface area contributed by atoms with Crippen molar-refractivity contribution in [3.05, 3.63) is 34.9 Å². The molecule has 1 aromatic carbocycles. The fourth-order valence-electron chi connectivity index (χ4n) is 2.58. The minimum atomic E-state index is -0.691. The number of aliphatic carboxylic acids is 1. The molecule has 1 aromatic rings. The molecule has 0 aromatic heterocycles. The van der Waals surface area contributed by atoms with Crippen molar-refractivity contribution in [3.8, 4) is 0 Å². The van der Waals surface area contributed by atoms with Crippen LogP contribution in [-0.4, -0.2) is 11.1 Å². The van der Waals surface area contributed by atoms with E-state index in [9.17, 15) is 4.79 Å². The van der Waals surface area contributed by atoms with Gasteiger partial charge in [-0.05, 0) is 40.9 Å². The zero-order valence-electron chi connectivity index (χ0n) is 10.8. The zero-order chi connectivity index (χ0) is 12.6. The number of benzene rings is 1. The average Bonchev–Trinajstić information content (AvgIpc) is 2.59. The monoisotopic (exact) mass is 232 g/mol. The topological polar surface area (TPSA) is 37.3 Å². The summed E-state index contributed by atoms with van der Waals surface area (Å²) in [4.78, 5) is 10.8. The number of rotatable bonds is 2. The Morgan fingerprint density at radius 3 is 2.71 bits per heavy atom. The van der Waals surface area contributed by atoms with E-state index in [0.29, 0.717) is 0 Å². The first-order valence-corrected chi connectivity index (χ1v) is 6.23. The molecule has 17 heavy (non-hydrogen) atoms. The van der Waals surface area contributed by atoms with Crippen molar-refractivity contribution in [2.75, 3.05) is 0 Å². The van der Waals surface area contributed by atoms with Gasteiger partial charge in [0.2, 0.25) is 0 Å². The van der Waals surface area contributed by atoms with Crippen LogP contribution >= 0.6 is 0 Å². The Morgan fingerprint density at radius 2 is 2.12 bits per heavy atom. The van der Waals surface area contributed by atoms with Gasteiger partial charge < -0.3 is 5.11 Å². The SMILES string of the molecule is CC(C)(C)c1ccc2c(c1)C(CC(=O)O)CC2. The van der Waals surface area contributed by atoms with Crippen LogP contribution in [0.25, 0.3) is 0 Å². The van der Waals surface area contributed by atoms with Gasteiger partial charge in [0.1, 0.15) is 0 Å². The van der Waals surface area contributed by atoms with E-state index in [1.165, 1.54) is 16.7 Å². The lowest BCUT2D eigenvalue weighted by Crippen LogP contribution is -2.12. The predicted molar refractivity (Wildman–Crippen MR) is 68.5 cm³/mol. The van der Waals surface area contributed by atoms with Crippen molar-refractivity contribution in [2.24, 2.45) is 0 Å². The zero-order valence-corrected chi connectivity index (χ0v) is 10.8. The molecule has 2 rings (SSSR count). The number of carbonyl (C=O) groups is 1. The molecule has 1 aliphatic rings. The fraction of sp³-hybridized carbons (Fsp3) is 0.533. The van der Waals surface area contributed by atoms with Crippen molar-refractivity contribution in [3.63, 3.8) is 0 Å². The molecule has 1 aliphatic carbocycles. The first kappa shape index (κ1) is 12.2. The number of carboxylic acids is 1. The van der Waals surface area contributed by atoms with E-state index in [1.807, 2.05) is 0 Å². The fourth-order valence-corrected chi connectivity index (χ4v) is 2.58. The van der Waals surface area contributed by atoms with E-state index >= 15 is 0 Å². The highest BCUT2D eigenvalue weighted by atomic mass is 16.4. The predicted octanol–water partition coefficient (Wildman–Crippen LogP) is 3.49. The summed E-state index contributed by atoms with van der Waals surface area (Å²) in [6.45, 7) is 6.57. The maximum Gasteiger partial charge on any atom is 0.303 e. The van der Waals surface area contributed by atoms with E-state index in [-0.39, 0.29) is 17.8 Å². The number of hydrogen-bond donors (Lipinski definition) is 1. The van der Waals surface area contributed by atoms with Gasteiger partial charge in [0.15, 0.2) is 0 Å². The van der Waals surface area contributed by atoms with E-state index in [0.717, 1.165) is 12.8 Å². The summed E-state index contributed by atoms with van der Waals surface area (Å²) in [7, 11) is 0. The molecule has 0 heterocycles. The van der Waals surface area contributed by atoms with E-state index < -0.39 is 5.97 Å². The van der Waals surface area contributed by atoms with Crippen molar-refractivity contribution >= 4 is 5.97 Å². The Kier molecular flexibility index (Phi) is 2.98. The molecule has 2 nitrogen and oxygen atoms in total. The summed E-state index contributed by atoms with van der Waals surface area (Å²) in [5.74, 6) is -0.478. The van der Waals surface area contributed by atoms with Gasteiger partial charge in [-0.3, -0.25) is 4.79 Å². The van der Waals surface area contributed by atoms with Crippen LogP contribution in [0.3, 0.4) is 0 Å². The van der Waals surface area contributed by atoms with Crippen molar-refractivity contribution in [2.45, 2.75) is 51.4 Å². The highest BCUT2D eigenvalue weighted by molar-refractivity contribution is 5.68. The molecule has 0 bridgehead atoms. The molecule has 0 amide bonds. The number of aryl methyl sites for hydroxylation is 1. The van der Waals surface area contributed by atoms with Crippen LogP contribution in [-0.2, 0) is 16.6 Å². The molecule has 0 radical (unpaired) electrons. The number of fused-ring (bicyclic) bond motifs is 1. The van der Waals surface area contributed by atoms with E-state index in [2.05, 4.69) is 39.0 Å². The molecule has 0 spiro atoms. The second-order valence-corrected chi connectivity index (χ2v) is 6.00. The van der Waals surface area contributed by atoms with Crippen LogP contribution < -0.4 is 0 Å². The van der Waals surface area contributed by atoms with Gasteiger partial charge >= 0.3 is 5.97 Å².